The molecule has 0 bridgehead atoms. The number of alkyl carbamates (subject to hydrolysis) is 1. The summed E-state index contributed by atoms with van der Waals surface area (Å²) in [6.07, 6.45) is -1.81. The van der Waals surface area contributed by atoms with E-state index in [1.54, 1.807) is 20.8 Å². The maximum absolute atomic E-state index is 11.7. The van der Waals surface area contributed by atoms with Gasteiger partial charge in [-0.15, -0.1) is 0 Å². The Balaban J connectivity index is 0. The summed E-state index contributed by atoms with van der Waals surface area (Å²) in [5, 5.41) is 2.03. The number of carbonyl (C=O) groups is 1. The summed E-state index contributed by atoms with van der Waals surface area (Å²) in [6, 6.07) is 0. The average Bonchev–Trinajstić information content (AvgIpc) is 1.78. The molecular weight excluding hydrogens is 237 g/mol. The first-order valence-corrected chi connectivity index (χ1v) is 4.28. The molecule has 0 aliphatic heterocycles. The molecule has 84 valence electrons. The molecule has 0 saturated carbocycles. The maximum atomic E-state index is 11.7. The molecule has 0 heterocycles. The molecule has 1 amide bonds. The monoisotopic (exact) mass is 251 g/mol. The predicted octanol–water partition coefficient (Wildman–Crippen LogP) is -0.637. The Hall–Kier alpha value is 0.761. The van der Waals surface area contributed by atoms with Gasteiger partial charge in [-0.25, -0.2) is 4.79 Å². The summed E-state index contributed by atoms with van der Waals surface area (Å²) >= 11 is 0. The number of carbonyl (C=O) groups excluding carboxylic acids is 1. The summed E-state index contributed by atoms with van der Waals surface area (Å²) < 4.78 is 39.9. The minimum absolute atomic E-state index is 0. The molecule has 1 N–H and O–H groups in total. The van der Waals surface area contributed by atoms with Crippen LogP contribution in [0.15, 0.2) is 0 Å². The first-order valence-electron chi connectivity index (χ1n) is 4.28. The van der Waals surface area contributed by atoms with Crippen LogP contribution in [0.4, 0.5) is 17.7 Å². The first kappa shape index (κ1) is 18.1. The molecule has 0 rings (SSSR count). The van der Waals surface area contributed by atoms with E-state index in [4.69, 9.17) is 4.74 Å². The molecule has 0 aromatic carbocycles. The largest absolute Gasteiger partial charge is 1.00 e. The summed E-state index contributed by atoms with van der Waals surface area (Å²) in [6.45, 7) is -0.354. The van der Waals surface area contributed by atoms with Gasteiger partial charge in [0.15, 0.2) is 0 Å². The molecule has 0 atom stereocenters. The molecule has 0 aromatic heterocycles. The van der Waals surface area contributed by atoms with Crippen LogP contribution in [0.5, 0.6) is 0 Å². The van der Waals surface area contributed by atoms with E-state index in [0.29, 0.717) is 0 Å². The van der Waals surface area contributed by atoms with Crippen molar-refractivity contribution in [3.8, 4) is 0 Å². The van der Waals surface area contributed by atoms with Crippen LogP contribution in [0.3, 0.4) is 0 Å². The molecule has 0 radical (unpaired) electrons. The number of hydrogen-bond donors (Lipinski definition) is 1. The molecule has 0 unspecified atom stereocenters. The Morgan fingerprint density at radius 3 is 2.13 bits per heavy atom. The van der Waals surface area contributed by atoms with Crippen LogP contribution in [0, 0.1) is 0 Å². The van der Waals surface area contributed by atoms with Crippen LogP contribution in [-0.2, 0) is 4.74 Å². The normalized spacial score (nSPS) is 11.6. The van der Waals surface area contributed by atoms with Crippen molar-refractivity contribution in [1.82, 2.24) is 5.32 Å². The standard InChI is InChI=1S/C7H14BF3NO2.K/c1-7(2,3)14-6(13)12-5-4-8(9,10)11;/h4-5H2,1-3H3,(H,12,13);/q-1;+1. The Morgan fingerprint density at radius 2 is 1.80 bits per heavy atom. The number of rotatable bonds is 3. The van der Waals surface area contributed by atoms with Gasteiger partial charge >= 0.3 is 64.5 Å². The average molecular weight is 251 g/mol. The molecule has 0 aliphatic rings. The molecule has 0 saturated heterocycles. The summed E-state index contributed by atoms with van der Waals surface area (Å²) in [5.41, 5.74) is -0.687. The van der Waals surface area contributed by atoms with Gasteiger partial charge in [-0.1, -0.05) is 6.32 Å². The van der Waals surface area contributed by atoms with Crippen molar-refractivity contribution in [2.75, 3.05) is 6.54 Å². The topological polar surface area (TPSA) is 38.3 Å². The molecule has 15 heavy (non-hydrogen) atoms. The minimum atomic E-state index is -4.84. The zero-order chi connectivity index (χ0) is 11.4. The fourth-order valence-corrected chi connectivity index (χ4v) is 0.652. The van der Waals surface area contributed by atoms with Crippen molar-refractivity contribution < 1.29 is 73.9 Å². The molecule has 8 heteroatoms. The van der Waals surface area contributed by atoms with Crippen molar-refractivity contribution in [2.45, 2.75) is 32.7 Å². The number of halogens is 3. The van der Waals surface area contributed by atoms with Gasteiger partial charge in [0.1, 0.15) is 5.60 Å². The fourth-order valence-electron chi connectivity index (χ4n) is 0.652. The Kier molecular flexibility index (Phi) is 8.65. The van der Waals surface area contributed by atoms with Gasteiger partial charge in [0, 0.05) is 0 Å². The van der Waals surface area contributed by atoms with Gasteiger partial charge in [0.25, 0.3) is 0 Å². The molecular formula is C7H14BF3KNO2. The van der Waals surface area contributed by atoms with Crippen molar-refractivity contribution >= 4 is 13.1 Å². The van der Waals surface area contributed by atoms with E-state index in [2.05, 4.69) is 0 Å². The van der Waals surface area contributed by atoms with Crippen LogP contribution < -0.4 is 56.7 Å². The zero-order valence-corrected chi connectivity index (χ0v) is 12.6. The summed E-state index contributed by atoms with van der Waals surface area (Å²) in [5.74, 6) is 0. The molecule has 3 nitrogen and oxygen atoms in total. The Bertz CT molecular complexity index is 205. The van der Waals surface area contributed by atoms with Gasteiger partial charge < -0.3 is 23.0 Å². The van der Waals surface area contributed by atoms with Crippen molar-refractivity contribution in [1.29, 1.82) is 0 Å². The number of ether oxygens (including phenoxy) is 1. The van der Waals surface area contributed by atoms with Crippen LogP contribution in [0.25, 0.3) is 0 Å². The SMILES string of the molecule is CC(C)(C)OC(=O)NCC[B-](F)(F)F.[K+]. The third-order valence-corrected chi connectivity index (χ3v) is 1.14. The van der Waals surface area contributed by atoms with E-state index in [1.165, 1.54) is 0 Å². The first-order chi connectivity index (χ1) is 6.10. The van der Waals surface area contributed by atoms with Gasteiger partial charge in [-0.2, -0.15) is 0 Å². The van der Waals surface area contributed by atoms with E-state index < -0.39 is 31.5 Å². The van der Waals surface area contributed by atoms with Crippen LogP contribution in [-0.4, -0.2) is 25.2 Å². The van der Waals surface area contributed by atoms with Gasteiger partial charge in [0.2, 0.25) is 0 Å². The quantitative estimate of drug-likeness (QED) is 0.678. The second-order valence-electron chi connectivity index (χ2n) is 3.93. The smallest absolute Gasteiger partial charge is 0.449 e. The molecule has 0 fully saturated rings. The maximum Gasteiger partial charge on any atom is 1.00 e. The van der Waals surface area contributed by atoms with E-state index >= 15 is 0 Å². The van der Waals surface area contributed by atoms with Crippen molar-refractivity contribution in [2.24, 2.45) is 0 Å². The van der Waals surface area contributed by atoms with Crippen molar-refractivity contribution in [3.63, 3.8) is 0 Å². The number of nitrogens with one attached hydrogen (secondary N) is 1. The van der Waals surface area contributed by atoms with Gasteiger partial charge in [0.05, 0.1) is 0 Å². The minimum Gasteiger partial charge on any atom is -0.449 e. The third-order valence-electron chi connectivity index (χ3n) is 1.14. The molecule has 0 aromatic rings. The van der Waals surface area contributed by atoms with E-state index in [1.807, 2.05) is 5.32 Å². The van der Waals surface area contributed by atoms with Gasteiger partial charge in [-0.3, -0.25) is 0 Å². The van der Waals surface area contributed by atoms with E-state index in [-0.39, 0.29) is 51.4 Å². The van der Waals surface area contributed by atoms with Crippen LogP contribution >= 0.6 is 0 Å². The Morgan fingerprint density at radius 1 is 1.33 bits per heavy atom. The van der Waals surface area contributed by atoms with E-state index in [0.717, 1.165) is 0 Å². The number of amides is 1. The van der Waals surface area contributed by atoms with Crippen molar-refractivity contribution in [3.05, 3.63) is 0 Å². The third kappa shape index (κ3) is 14.8. The molecule has 0 aliphatic carbocycles. The van der Waals surface area contributed by atoms with Crippen LogP contribution in [0.1, 0.15) is 20.8 Å². The second kappa shape index (κ2) is 7.16. The summed E-state index contributed by atoms with van der Waals surface area (Å²) in [4.78, 5) is 10.9. The predicted molar refractivity (Wildman–Crippen MR) is 48.1 cm³/mol. The number of hydrogen-bond acceptors (Lipinski definition) is 2. The molecule has 0 spiro atoms. The van der Waals surface area contributed by atoms with E-state index in [9.17, 15) is 17.7 Å². The fraction of sp³-hybridized carbons (Fsp3) is 0.857. The van der Waals surface area contributed by atoms with Crippen LogP contribution in [0.2, 0.25) is 6.32 Å². The summed E-state index contributed by atoms with van der Waals surface area (Å²) in [7, 11) is 0. The second-order valence-corrected chi connectivity index (χ2v) is 3.93. The zero-order valence-electron chi connectivity index (χ0n) is 9.44. The van der Waals surface area contributed by atoms with Gasteiger partial charge in [-0.05, 0) is 27.3 Å². The Labute approximate surface area is 130 Å².